The Balaban J connectivity index is 0.757. The number of carbonyl (C=O) groups excluding carboxylic acids is 4. The minimum absolute atomic E-state index is 0.0796. The molecule has 3 saturated heterocycles. The number of anilines is 1. The van der Waals surface area contributed by atoms with Crippen LogP contribution in [0.4, 0.5) is 5.69 Å². The maximum atomic E-state index is 13.1. The van der Waals surface area contributed by atoms with Gasteiger partial charge in [0.1, 0.15) is 22.5 Å². The van der Waals surface area contributed by atoms with E-state index in [0.717, 1.165) is 96.3 Å². The monoisotopic (exact) mass is 753 g/mol. The smallest absolute Gasteiger partial charge is 0.261 e. The number of fused-ring (bicyclic) bond motifs is 1. The van der Waals surface area contributed by atoms with E-state index in [1.807, 2.05) is 18.2 Å². The lowest BCUT2D eigenvalue weighted by molar-refractivity contribution is -0.139. The van der Waals surface area contributed by atoms with E-state index in [2.05, 4.69) is 39.4 Å². The molecule has 3 aromatic carbocycles. The van der Waals surface area contributed by atoms with E-state index in [4.69, 9.17) is 19.2 Å². The van der Waals surface area contributed by atoms with Gasteiger partial charge in [-0.05, 0) is 118 Å². The summed E-state index contributed by atoms with van der Waals surface area (Å²) < 4.78 is 18.9. The summed E-state index contributed by atoms with van der Waals surface area (Å²) in [5.74, 6) is -0.113. The van der Waals surface area contributed by atoms with Crippen LogP contribution in [0.5, 0.6) is 11.5 Å². The Hall–Kier alpha value is -4.85. The van der Waals surface area contributed by atoms with E-state index in [-0.39, 0.29) is 18.9 Å². The number of likely N-dealkylation sites (tertiary alicyclic amines) is 1. The standard InChI is InChI=1S/C41H47N5O7S/c1-27-22-32(10-12-34(27)41(50)46(26-47)36-14-15-38(48)43-39(36)49)52-21-5-3-4-18-44-19-16-30(17-20-44)53-33-24-45(25-33)29-8-6-28(7-9-29)40-42-35-13-11-31(51-2)23-37(35)54-40/h6-13,22-23,26,30,33,36H,3-5,14-21,24-25H2,1-2H3,(H,43,48,49). The molecule has 7 rings (SSSR count). The maximum absolute atomic E-state index is 13.1. The first-order valence-corrected chi connectivity index (χ1v) is 19.6. The summed E-state index contributed by atoms with van der Waals surface area (Å²) in [4.78, 5) is 59.1. The van der Waals surface area contributed by atoms with E-state index in [1.165, 1.54) is 5.69 Å². The molecule has 3 fully saturated rings. The van der Waals surface area contributed by atoms with E-state index >= 15 is 0 Å². The number of aryl methyl sites for hydroxylation is 1. The molecule has 0 radical (unpaired) electrons. The number of thiazole rings is 1. The van der Waals surface area contributed by atoms with Gasteiger partial charge in [-0.25, -0.2) is 4.98 Å². The lowest BCUT2D eigenvalue weighted by atomic mass is 10.0. The SMILES string of the molecule is COc1ccc2nc(-c3ccc(N4CC(OC5CCN(CCCCCOc6ccc(C(=O)N(C=O)C7CCC(=O)NC7=O)c(C)c6)CC5)C4)cc3)sc2c1. The van der Waals surface area contributed by atoms with E-state index in [9.17, 15) is 19.2 Å². The highest BCUT2D eigenvalue weighted by molar-refractivity contribution is 7.21. The van der Waals surface area contributed by atoms with Crippen LogP contribution in [0.3, 0.4) is 0 Å². The fourth-order valence-corrected chi connectivity index (χ4v) is 8.37. The number of piperidine rings is 2. The van der Waals surface area contributed by atoms with Crippen LogP contribution in [0.2, 0.25) is 0 Å². The number of nitrogens with zero attached hydrogens (tertiary/aromatic N) is 4. The summed E-state index contributed by atoms with van der Waals surface area (Å²) in [7, 11) is 1.68. The molecule has 0 spiro atoms. The molecule has 0 bridgehead atoms. The first-order valence-electron chi connectivity index (χ1n) is 18.8. The van der Waals surface area contributed by atoms with Gasteiger partial charge in [0.15, 0.2) is 0 Å². The van der Waals surface area contributed by atoms with Crippen LogP contribution < -0.4 is 19.7 Å². The molecule has 1 N–H and O–H groups in total. The largest absolute Gasteiger partial charge is 0.497 e. The number of hydrogen-bond donors (Lipinski definition) is 1. The van der Waals surface area contributed by atoms with Gasteiger partial charge in [0.05, 0.1) is 36.1 Å². The molecule has 0 saturated carbocycles. The van der Waals surface area contributed by atoms with Crippen LogP contribution in [0.1, 0.15) is 60.9 Å². The lowest BCUT2D eigenvalue weighted by Crippen LogP contribution is -2.54. The molecule has 284 valence electrons. The number of ether oxygens (including phenoxy) is 3. The topological polar surface area (TPSA) is 131 Å². The van der Waals surface area contributed by atoms with Gasteiger partial charge in [-0.1, -0.05) is 0 Å². The van der Waals surface area contributed by atoms with Crippen LogP contribution in [0.25, 0.3) is 20.8 Å². The number of nitrogens with one attached hydrogen (secondary N) is 1. The highest BCUT2D eigenvalue weighted by Crippen LogP contribution is 2.34. The highest BCUT2D eigenvalue weighted by Gasteiger charge is 2.35. The lowest BCUT2D eigenvalue weighted by Gasteiger charge is -2.43. The third-order valence-electron chi connectivity index (χ3n) is 10.6. The van der Waals surface area contributed by atoms with Gasteiger partial charge in [-0.3, -0.25) is 29.4 Å². The number of aromatic nitrogens is 1. The second-order valence-corrected chi connectivity index (χ2v) is 15.3. The Morgan fingerprint density at radius 2 is 1.74 bits per heavy atom. The van der Waals surface area contributed by atoms with Gasteiger partial charge in [0, 0.05) is 49.4 Å². The Labute approximate surface area is 319 Å². The quantitative estimate of drug-likeness (QED) is 0.0930. The van der Waals surface area contributed by atoms with Crippen molar-refractivity contribution in [1.29, 1.82) is 0 Å². The molecule has 54 heavy (non-hydrogen) atoms. The Bertz CT molecular complexity index is 1970. The van der Waals surface area contributed by atoms with Crippen LogP contribution in [-0.4, -0.2) is 104 Å². The molecular formula is C41H47N5O7S. The van der Waals surface area contributed by atoms with Gasteiger partial charge >= 0.3 is 0 Å². The molecule has 4 amide bonds. The van der Waals surface area contributed by atoms with Crippen molar-refractivity contribution in [3.8, 4) is 22.1 Å². The van der Waals surface area contributed by atoms with Crippen LogP contribution in [0, 0.1) is 6.92 Å². The zero-order valence-corrected chi connectivity index (χ0v) is 31.6. The number of amides is 4. The fraction of sp³-hybridized carbons (Fsp3) is 0.439. The summed E-state index contributed by atoms with van der Waals surface area (Å²) in [6.45, 7) is 7.39. The minimum Gasteiger partial charge on any atom is -0.497 e. The van der Waals surface area contributed by atoms with Gasteiger partial charge in [-0.2, -0.15) is 0 Å². The Morgan fingerprint density at radius 3 is 2.46 bits per heavy atom. The van der Waals surface area contributed by atoms with E-state index < -0.39 is 23.8 Å². The molecule has 1 atom stereocenters. The summed E-state index contributed by atoms with van der Waals surface area (Å²) >= 11 is 1.68. The molecule has 4 aromatic rings. The van der Waals surface area contributed by atoms with Crippen molar-refractivity contribution < 1.29 is 33.4 Å². The number of rotatable bonds is 15. The first kappa shape index (κ1) is 37.5. The van der Waals surface area contributed by atoms with Gasteiger partial charge in [0.2, 0.25) is 18.2 Å². The van der Waals surface area contributed by atoms with Crippen molar-refractivity contribution >= 4 is 51.4 Å². The van der Waals surface area contributed by atoms with Gasteiger partial charge < -0.3 is 24.0 Å². The van der Waals surface area contributed by atoms with Crippen LogP contribution in [0.15, 0.2) is 60.7 Å². The number of unbranched alkanes of at least 4 members (excludes halogenated alkanes) is 2. The van der Waals surface area contributed by atoms with E-state index in [0.29, 0.717) is 36.0 Å². The Morgan fingerprint density at radius 1 is 0.963 bits per heavy atom. The number of imide groups is 2. The zero-order chi connectivity index (χ0) is 37.6. The average Bonchev–Trinajstić information content (AvgIpc) is 3.60. The fourth-order valence-electron chi connectivity index (χ4n) is 7.37. The molecular weight excluding hydrogens is 707 g/mol. The summed E-state index contributed by atoms with van der Waals surface area (Å²) in [6.07, 6.45) is 6.38. The molecule has 3 aliphatic rings. The van der Waals surface area contributed by atoms with Crippen molar-refractivity contribution in [3.63, 3.8) is 0 Å². The van der Waals surface area contributed by atoms with Crippen molar-refractivity contribution in [1.82, 2.24) is 20.1 Å². The summed E-state index contributed by atoms with van der Waals surface area (Å²) in [6, 6.07) is 18.8. The van der Waals surface area contributed by atoms with Crippen molar-refractivity contribution in [2.75, 3.05) is 51.3 Å². The highest BCUT2D eigenvalue weighted by atomic mass is 32.1. The number of methoxy groups -OCH3 is 1. The summed E-state index contributed by atoms with van der Waals surface area (Å²) in [5, 5.41) is 3.21. The maximum Gasteiger partial charge on any atom is 0.261 e. The third-order valence-corrected chi connectivity index (χ3v) is 11.6. The zero-order valence-electron chi connectivity index (χ0n) is 30.8. The molecule has 4 heterocycles. The second-order valence-electron chi connectivity index (χ2n) is 14.3. The predicted molar refractivity (Wildman–Crippen MR) is 207 cm³/mol. The Kier molecular flexibility index (Phi) is 11.9. The molecule has 0 aliphatic carbocycles. The van der Waals surface area contributed by atoms with E-state index in [1.54, 1.807) is 43.6 Å². The minimum atomic E-state index is -0.999. The summed E-state index contributed by atoms with van der Waals surface area (Å²) in [5.41, 5.74) is 4.30. The third kappa shape index (κ3) is 8.75. The number of hydrogen-bond acceptors (Lipinski definition) is 11. The van der Waals surface area contributed by atoms with Crippen molar-refractivity contribution in [2.45, 2.75) is 70.1 Å². The van der Waals surface area contributed by atoms with Crippen LogP contribution in [-0.2, 0) is 19.1 Å². The molecule has 1 unspecified atom stereocenters. The molecule has 13 heteroatoms. The molecule has 1 aromatic heterocycles. The normalized spacial score (nSPS) is 18.3. The molecule has 3 aliphatic heterocycles. The van der Waals surface area contributed by atoms with Gasteiger partial charge in [0.25, 0.3) is 5.91 Å². The first-order chi connectivity index (χ1) is 26.3. The van der Waals surface area contributed by atoms with Gasteiger partial charge in [-0.15, -0.1) is 11.3 Å². The molecule has 12 nitrogen and oxygen atoms in total. The average molecular weight is 754 g/mol. The number of carbonyl (C=O) groups is 4. The van der Waals surface area contributed by atoms with Crippen molar-refractivity contribution in [2.24, 2.45) is 0 Å². The second kappa shape index (κ2) is 17.1. The predicted octanol–water partition coefficient (Wildman–Crippen LogP) is 5.60. The van der Waals surface area contributed by atoms with Crippen LogP contribution >= 0.6 is 11.3 Å². The number of benzene rings is 3. The van der Waals surface area contributed by atoms with Crippen molar-refractivity contribution in [3.05, 3.63) is 71.8 Å².